The van der Waals surface area contributed by atoms with Gasteiger partial charge < -0.3 is 5.11 Å². The number of benzene rings is 3. The lowest BCUT2D eigenvalue weighted by molar-refractivity contribution is 0.246. The van der Waals surface area contributed by atoms with Gasteiger partial charge >= 0.3 is 0 Å². The molecule has 0 radical (unpaired) electrons. The number of aliphatic imine (C=N–C) groups is 1. The lowest BCUT2D eigenvalue weighted by Gasteiger charge is -2.30. The van der Waals surface area contributed by atoms with Gasteiger partial charge in [0.1, 0.15) is 5.75 Å². The Kier molecular flexibility index (Phi) is 8.53. The summed E-state index contributed by atoms with van der Waals surface area (Å²) in [7, 11) is 0. The van der Waals surface area contributed by atoms with E-state index >= 15 is 0 Å². The van der Waals surface area contributed by atoms with E-state index in [9.17, 15) is 9.90 Å². The van der Waals surface area contributed by atoms with Gasteiger partial charge in [-0.15, -0.1) is 0 Å². The van der Waals surface area contributed by atoms with Crippen LogP contribution in [0.15, 0.2) is 82.6 Å². The van der Waals surface area contributed by atoms with E-state index < -0.39 is 0 Å². The second kappa shape index (κ2) is 12.0. The first-order chi connectivity index (χ1) is 20.3. The van der Waals surface area contributed by atoms with Crippen LogP contribution >= 0.6 is 0 Å². The zero-order valence-corrected chi connectivity index (χ0v) is 26.7. The van der Waals surface area contributed by atoms with E-state index in [4.69, 9.17) is 4.99 Å². The van der Waals surface area contributed by atoms with Gasteiger partial charge in [-0.2, -0.15) is 0 Å². The van der Waals surface area contributed by atoms with Gasteiger partial charge in [0, 0.05) is 29.4 Å². The summed E-state index contributed by atoms with van der Waals surface area (Å²) in [6.07, 6.45) is 2.11. The molecule has 1 atom stereocenters. The van der Waals surface area contributed by atoms with E-state index in [1.807, 2.05) is 67.6 Å². The zero-order valence-electron chi connectivity index (χ0n) is 26.7. The third-order valence-electron chi connectivity index (χ3n) is 8.57. The number of phenolic OH excluding ortho intramolecular Hbond substituents is 1. The van der Waals surface area contributed by atoms with Crippen LogP contribution < -0.4 is 5.56 Å². The monoisotopic (exact) mass is 578 g/mol. The Labute approximate surface area is 256 Å². The van der Waals surface area contributed by atoms with Gasteiger partial charge in [-0.3, -0.25) is 19.8 Å². The van der Waals surface area contributed by atoms with E-state index in [0.717, 1.165) is 47.5 Å². The van der Waals surface area contributed by atoms with Crippen LogP contribution in [-0.2, 0) is 17.4 Å². The molecule has 226 valence electrons. The highest BCUT2D eigenvalue weighted by Gasteiger charge is 2.29. The zero-order chi connectivity index (χ0) is 30.9. The number of likely N-dealkylation sites (tertiary alicyclic amines) is 1. The van der Waals surface area contributed by atoms with Gasteiger partial charge in [0.15, 0.2) is 0 Å². The van der Waals surface area contributed by atoms with Crippen LogP contribution in [0.1, 0.15) is 87.9 Å². The first-order valence-corrected chi connectivity index (χ1v) is 15.4. The molecule has 5 rings (SSSR count). The predicted octanol–water partition coefficient (Wildman–Crippen LogP) is 7.28. The maximum Gasteiger partial charge on any atom is 0.280 e. The van der Waals surface area contributed by atoms with Gasteiger partial charge in [0.05, 0.1) is 23.5 Å². The standard InChI is InChI=1S/C37H46N4O2/c1-25-32(35(43)41(39-25)29-17-12-9-13-18-29)33(26-15-10-8-11-16-26)38-23-30-19-14-20-40(30)24-27-21-28(36(2,3)4)22-31(34(27)42)37(5,6)7/h8-13,15-18,21-22,30,39,42H,14,19-20,23-24H2,1-7H3/t30-/m0/s1. The van der Waals surface area contributed by atoms with Crippen molar-refractivity contribution in [1.29, 1.82) is 0 Å². The molecule has 1 aliphatic heterocycles. The Morgan fingerprint density at radius 1 is 0.953 bits per heavy atom. The molecule has 1 fully saturated rings. The Balaban J connectivity index is 1.49. The maximum absolute atomic E-state index is 13.8. The van der Waals surface area contributed by atoms with Crippen molar-refractivity contribution in [3.8, 4) is 11.4 Å². The summed E-state index contributed by atoms with van der Waals surface area (Å²) >= 11 is 0. The SMILES string of the molecule is Cc1[nH]n(-c2ccccc2)c(=O)c1C(=NC[C@@H]1CCCN1Cc1cc(C(C)(C)C)cc(C(C)(C)C)c1O)c1ccccc1. The van der Waals surface area contributed by atoms with Crippen LogP contribution in [0.25, 0.3) is 5.69 Å². The van der Waals surface area contributed by atoms with Crippen LogP contribution in [0, 0.1) is 6.92 Å². The van der Waals surface area contributed by atoms with Crippen LogP contribution in [-0.4, -0.2) is 44.6 Å². The van der Waals surface area contributed by atoms with Crippen molar-refractivity contribution in [1.82, 2.24) is 14.7 Å². The molecule has 2 heterocycles. The van der Waals surface area contributed by atoms with Gasteiger partial charge in [0.2, 0.25) is 0 Å². The third kappa shape index (κ3) is 6.54. The van der Waals surface area contributed by atoms with E-state index in [0.29, 0.717) is 30.1 Å². The van der Waals surface area contributed by atoms with Crippen molar-refractivity contribution >= 4 is 5.71 Å². The molecule has 0 aliphatic carbocycles. The molecule has 2 N–H and O–H groups in total. The summed E-state index contributed by atoms with van der Waals surface area (Å²) in [5.41, 5.74) is 6.74. The number of aromatic hydroxyl groups is 1. The minimum atomic E-state index is -0.166. The molecule has 0 amide bonds. The number of phenols is 1. The van der Waals surface area contributed by atoms with E-state index in [1.54, 1.807) is 4.68 Å². The minimum Gasteiger partial charge on any atom is -0.507 e. The molecule has 0 bridgehead atoms. The van der Waals surface area contributed by atoms with Crippen LogP contribution in [0.2, 0.25) is 0 Å². The summed E-state index contributed by atoms with van der Waals surface area (Å²) in [5.74, 6) is 0.407. The Morgan fingerprint density at radius 3 is 2.23 bits per heavy atom. The highest BCUT2D eigenvalue weighted by molar-refractivity contribution is 6.13. The molecule has 0 unspecified atom stereocenters. The summed E-state index contributed by atoms with van der Waals surface area (Å²) in [4.78, 5) is 21.4. The molecule has 1 aliphatic rings. The predicted molar refractivity (Wildman–Crippen MR) is 177 cm³/mol. The van der Waals surface area contributed by atoms with Crippen molar-refractivity contribution in [3.63, 3.8) is 0 Å². The molecule has 6 heteroatoms. The number of aryl methyl sites for hydroxylation is 1. The normalized spacial score (nSPS) is 16.6. The highest BCUT2D eigenvalue weighted by atomic mass is 16.3. The second-order valence-electron chi connectivity index (χ2n) is 13.9. The summed E-state index contributed by atoms with van der Waals surface area (Å²) in [5, 5.41) is 14.7. The topological polar surface area (TPSA) is 73.6 Å². The molecule has 0 spiro atoms. The molecule has 43 heavy (non-hydrogen) atoms. The van der Waals surface area contributed by atoms with Crippen LogP contribution in [0.4, 0.5) is 0 Å². The van der Waals surface area contributed by atoms with Crippen molar-refractivity contribution in [2.24, 2.45) is 4.99 Å². The number of rotatable bonds is 7. The van der Waals surface area contributed by atoms with Gasteiger partial charge in [0.25, 0.3) is 5.56 Å². The average Bonchev–Trinajstić information content (AvgIpc) is 3.53. The molecule has 3 aromatic carbocycles. The summed E-state index contributed by atoms with van der Waals surface area (Å²) in [6, 6.07) is 24.2. The lowest BCUT2D eigenvalue weighted by Crippen LogP contribution is -2.32. The molecule has 6 nitrogen and oxygen atoms in total. The van der Waals surface area contributed by atoms with Gasteiger partial charge in [-0.1, -0.05) is 102 Å². The van der Waals surface area contributed by atoms with E-state index in [2.05, 4.69) is 63.7 Å². The van der Waals surface area contributed by atoms with Crippen LogP contribution in [0.5, 0.6) is 5.75 Å². The Morgan fingerprint density at radius 2 is 1.60 bits per heavy atom. The summed E-state index contributed by atoms with van der Waals surface area (Å²) in [6.45, 7) is 17.3. The van der Waals surface area contributed by atoms with Crippen molar-refractivity contribution in [3.05, 3.63) is 117 Å². The fraction of sp³-hybridized carbons (Fsp3) is 0.405. The molecule has 0 saturated carbocycles. The summed E-state index contributed by atoms with van der Waals surface area (Å²) < 4.78 is 1.60. The second-order valence-corrected chi connectivity index (χ2v) is 13.9. The van der Waals surface area contributed by atoms with Crippen molar-refractivity contribution in [2.75, 3.05) is 13.1 Å². The number of nitrogens with zero attached hydrogens (tertiary/aromatic N) is 3. The lowest BCUT2D eigenvalue weighted by atomic mass is 9.79. The first kappa shape index (κ1) is 30.6. The van der Waals surface area contributed by atoms with Crippen LogP contribution in [0.3, 0.4) is 0 Å². The fourth-order valence-corrected chi connectivity index (χ4v) is 6.04. The number of hydrogen-bond donors (Lipinski definition) is 2. The molecule has 1 aromatic heterocycles. The van der Waals surface area contributed by atoms with Gasteiger partial charge in [-0.25, -0.2) is 4.68 Å². The number of hydrogen-bond acceptors (Lipinski definition) is 4. The Bertz CT molecular complexity index is 1650. The van der Waals surface area contributed by atoms with E-state index in [1.165, 1.54) is 5.56 Å². The largest absolute Gasteiger partial charge is 0.507 e. The number of H-pyrrole nitrogens is 1. The first-order valence-electron chi connectivity index (χ1n) is 15.4. The molecular weight excluding hydrogens is 532 g/mol. The van der Waals surface area contributed by atoms with Gasteiger partial charge in [-0.05, 0) is 60.4 Å². The quantitative estimate of drug-likeness (QED) is 0.226. The van der Waals surface area contributed by atoms with E-state index in [-0.39, 0.29) is 22.4 Å². The number of aromatic nitrogens is 2. The number of nitrogens with one attached hydrogen (secondary N) is 1. The number of aromatic amines is 1. The van der Waals surface area contributed by atoms with Crippen molar-refractivity contribution < 1.29 is 5.11 Å². The van der Waals surface area contributed by atoms with Crippen molar-refractivity contribution in [2.45, 2.75) is 84.7 Å². The maximum atomic E-state index is 13.8. The Hall–Kier alpha value is -3.90. The number of para-hydroxylation sites is 1. The fourth-order valence-electron chi connectivity index (χ4n) is 6.04. The molecule has 4 aromatic rings. The smallest absolute Gasteiger partial charge is 0.280 e. The third-order valence-corrected chi connectivity index (χ3v) is 8.57. The molecule has 1 saturated heterocycles. The molecular formula is C37H46N4O2. The highest BCUT2D eigenvalue weighted by Crippen LogP contribution is 2.39. The average molecular weight is 579 g/mol. The minimum absolute atomic E-state index is 0.0250.